The number of ether oxygens (including phenoxy) is 1. The molecule has 30 heavy (non-hydrogen) atoms. The van der Waals surface area contributed by atoms with Crippen LogP contribution in [0.5, 0.6) is 5.75 Å². The number of rotatable bonds is 6. The molecule has 0 bridgehead atoms. The van der Waals surface area contributed by atoms with Crippen molar-refractivity contribution in [3.63, 3.8) is 0 Å². The summed E-state index contributed by atoms with van der Waals surface area (Å²) in [5.41, 5.74) is 4.32. The lowest BCUT2D eigenvalue weighted by Gasteiger charge is -2.08. The predicted molar refractivity (Wildman–Crippen MR) is 119 cm³/mol. The van der Waals surface area contributed by atoms with Gasteiger partial charge in [0.2, 0.25) is 0 Å². The molecular weight excluding hydrogens is 425 g/mol. The Labute approximate surface area is 183 Å². The van der Waals surface area contributed by atoms with Gasteiger partial charge in [-0.15, -0.1) is 0 Å². The van der Waals surface area contributed by atoms with E-state index in [1.54, 1.807) is 73.8 Å². The summed E-state index contributed by atoms with van der Waals surface area (Å²) in [7, 11) is 1.56. The molecule has 2 N–H and O–H groups in total. The minimum atomic E-state index is -0.433. The number of nitrogens with zero attached hydrogens (tertiary/aromatic N) is 1. The van der Waals surface area contributed by atoms with Crippen molar-refractivity contribution in [2.45, 2.75) is 0 Å². The quantitative estimate of drug-likeness (QED) is 0.416. The Balaban J connectivity index is 1.64. The molecule has 0 heterocycles. The molecule has 0 fully saturated rings. The van der Waals surface area contributed by atoms with Crippen LogP contribution in [0.1, 0.15) is 26.3 Å². The number of hydrazone groups is 1. The van der Waals surface area contributed by atoms with E-state index in [-0.39, 0.29) is 5.91 Å². The number of carbonyl (C=O) groups excluding carboxylic acids is 2. The molecule has 0 aliphatic heterocycles. The Morgan fingerprint density at radius 2 is 1.70 bits per heavy atom. The van der Waals surface area contributed by atoms with E-state index < -0.39 is 5.91 Å². The van der Waals surface area contributed by atoms with E-state index in [4.69, 9.17) is 27.9 Å². The van der Waals surface area contributed by atoms with Crippen molar-refractivity contribution in [2.24, 2.45) is 5.10 Å². The van der Waals surface area contributed by atoms with Crippen LogP contribution in [-0.2, 0) is 0 Å². The molecule has 0 unspecified atom stereocenters. The molecule has 0 saturated carbocycles. The number of hydrogen-bond acceptors (Lipinski definition) is 4. The Morgan fingerprint density at radius 1 is 0.933 bits per heavy atom. The molecular formula is C22H17Cl2N3O3. The summed E-state index contributed by atoms with van der Waals surface area (Å²) < 4.78 is 5.08. The fourth-order valence-corrected chi connectivity index (χ4v) is 2.97. The van der Waals surface area contributed by atoms with Crippen LogP contribution in [-0.4, -0.2) is 25.1 Å². The van der Waals surface area contributed by atoms with Gasteiger partial charge in [-0.3, -0.25) is 9.59 Å². The van der Waals surface area contributed by atoms with Crippen molar-refractivity contribution in [1.82, 2.24) is 5.43 Å². The van der Waals surface area contributed by atoms with E-state index in [1.807, 2.05) is 0 Å². The zero-order valence-corrected chi connectivity index (χ0v) is 17.4. The molecule has 152 valence electrons. The highest BCUT2D eigenvalue weighted by Gasteiger charge is 2.09. The van der Waals surface area contributed by atoms with Gasteiger partial charge in [0.25, 0.3) is 11.8 Å². The largest absolute Gasteiger partial charge is 0.497 e. The lowest BCUT2D eigenvalue weighted by molar-refractivity contribution is 0.0953. The zero-order chi connectivity index (χ0) is 21.5. The highest BCUT2D eigenvalue weighted by Crippen LogP contribution is 2.19. The molecule has 0 atom stereocenters. The second-order valence-electron chi connectivity index (χ2n) is 6.13. The van der Waals surface area contributed by atoms with Crippen molar-refractivity contribution in [1.29, 1.82) is 0 Å². The van der Waals surface area contributed by atoms with Gasteiger partial charge in [-0.05, 0) is 54.6 Å². The first-order valence-electron chi connectivity index (χ1n) is 8.80. The maximum absolute atomic E-state index is 12.4. The molecule has 0 saturated heterocycles. The summed E-state index contributed by atoms with van der Waals surface area (Å²) in [6.07, 6.45) is 1.42. The molecule has 0 aromatic heterocycles. The number of methoxy groups -OCH3 is 1. The van der Waals surface area contributed by atoms with Crippen LogP contribution in [0.15, 0.2) is 71.8 Å². The highest BCUT2D eigenvalue weighted by molar-refractivity contribution is 6.36. The summed E-state index contributed by atoms with van der Waals surface area (Å²) in [6.45, 7) is 0. The Kier molecular flexibility index (Phi) is 7.06. The van der Waals surface area contributed by atoms with Gasteiger partial charge in [0.15, 0.2) is 0 Å². The number of anilines is 1. The zero-order valence-electron chi connectivity index (χ0n) is 15.9. The van der Waals surface area contributed by atoms with Gasteiger partial charge in [0.05, 0.1) is 18.3 Å². The number of benzene rings is 3. The minimum Gasteiger partial charge on any atom is -0.497 e. The SMILES string of the molecule is COc1ccc(C(=O)Nc2cccc(C(=O)N/N=C/c3ccc(Cl)cc3Cl)c2)cc1. The predicted octanol–water partition coefficient (Wildman–Crippen LogP) is 5.02. The van der Waals surface area contributed by atoms with Gasteiger partial charge in [-0.1, -0.05) is 35.3 Å². The lowest BCUT2D eigenvalue weighted by Crippen LogP contribution is -2.18. The molecule has 3 rings (SSSR count). The number of nitrogens with one attached hydrogen (secondary N) is 2. The van der Waals surface area contributed by atoms with Crippen LogP contribution in [0.3, 0.4) is 0 Å². The third-order valence-electron chi connectivity index (χ3n) is 4.07. The lowest BCUT2D eigenvalue weighted by atomic mass is 10.1. The Bertz CT molecular complexity index is 1100. The summed E-state index contributed by atoms with van der Waals surface area (Å²) >= 11 is 11.9. The second-order valence-corrected chi connectivity index (χ2v) is 6.97. The minimum absolute atomic E-state index is 0.300. The van der Waals surface area contributed by atoms with Gasteiger partial charge in [-0.2, -0.15) is 5.10 Å². The van der Waals surface area contributed by atoms with E-state index in [1.165, 1.54) is 6.21 Å². The van der Waals surface area contributed by atoms with Crippen molar-refractivity contribution in [3.8, 4) is 5.75 Å². The van der Waals surface area contributed by atoms with Gasteiger partial charge in [0, 0.05) is 27.4 Å². The third kappa shape index (κ3) is 5.59. The summed E-state index contributed by atoms with van der Waals surface area (Å²) in [4.78, 5) is 24.7. The average Bonchev–Trinajstić information content (AvgIpc) is 2.75. The molecule has 0 spiro atoms. The van der Waals surface area contributed by atoms with E-state index in [0.29, 0.717) is 38.2 Å². The number of carbonyl (C=O) groups is 2. The molecule has 6 nitrogen and oxygen atoms in total. The van der Waals surface area contributed by atoms with E-state index >= 15 is 0 Å². The van der Waals surface area contributed by atoms with Crippen LogP contribution < -0.4 is 15.5 Å². The van der Waals surface area contributed by atoms with Crippen molar-refractivity contribution in [2.75, 3.05) is 12.4 Å². The van der Waals surface area contributed by atoms with E-state index in [9.17, 15) is 9.59 Å². The molecule has 3 aromatic carbocycles. The van der Waals surface area contributed by atoms with E-state index in [2.05, 4.69) is 15.8 Å². The smallest absolute Gasteiger partial charge is 0.271 e. The Morgan fingerprint density at radius 3 is 2.40 bits per heavy atom. The van der Waals surface area contributed by atoms with Crippen LogP contribution >= 0.6 is 23.2 Å². The summed E-state index contributed by atoms with van der Waals surface area (Å²) in [5, 5.41) is 7.60. The standard InChI is InChI=1S/C22H17Cl2N3O3/c1-30-19-9-6-14(7-10-19)21(28)26-18-4-2-3-15(11-18)22(29)27-25-13-16-5-8-17(23)12-20(16)24/h2-13H,1H3,(H,26,28)(H,27,29)/b25-13+. The van der Waals surface area contributed by atoms with Crippen LogP contribution in [0.25, 0.3) is 0 Å². The maximum Gasteiger partial charge on any atom is 0.271 e. The average molecular weight is 442 g/mol. The summed E-state index contributed by atoms with van der Waals surface area (Å²) in [6, 6.07) is 18.2. The number of hydrogen-bond donors (Lipinski definition) is 2. The monoisotopic (exact) mass is 441 g/mol. The van der Waals surface area contributed by atoms with Gasteiger partial charge in [0.1, 0.15) is 5.75 Å². The topological polar surface area (TPSA) is 79.8 Å². The van der Waals surface area contributed by atoms with Gasteiger partial charge < -0.3 is 10.1 Å². The number of amides is 2. The number of halogens is 2. The van der Waals surface area contributed by atoms with Crippen molar-refractivity contribution < 1.29 is 14.3 Å². The second kappa shape index (κ2) is 9.91. The molecule has 8 heteroatoms. The molecule has 3 aromatic rings. The fourth-order valence-electron chi connectivity index (χ4n) is 2.52. The highest BCUT2D eigenvalue weighted by atomic mass is 35.5. The van der Waals surface area contributed by atoms with Gasteiger partial charge >= 0.3 is 0 Å². The molecule has 0 aliphatic carbocycles. The molecule has 0 aliphatic rings. The van der Waals surface area contributed by atoms with Crippen LogP contribution in [0, 0.1) is 0 Å². The normalized spacial score (nSPS) is 10.6. The van der Waals surface area contributed by atoms with E-state index in [0.717, 1.165) is 0 Å². The first-order chi connectivity index (χ1) is 14.5. The third-order valence-corrected chi connectivity index (χ3v) is 4.63. The fraction of sp³-hybridized carbons (Fsp3) is 0.0455. The Hall–Kier alpha value is -3.35. The first-order valence-corrected chi connectivity index (χ1v) is 9.56. The molecule has 0 radical (unpaired) electrons. The molecule has 2 amide bonds. The summed E-state index contributed by atoms with van der Waals surface area (Å²) in [5.74, 6) is -0.0758. The maximum atomic E-state index is 12.4. The first kappa shape index (κ1) is 21.4. The van der Waals surface area contributed by atoms with Gasteiger partial charge in [-0.25, -0.2) is 5.43 Å². The van der Waals surface area contributed by atoms with Crippen LogP contribution in [0.4, 0.5) is 5.69 Å². The van der Waals surface area contributed by atoms with Crippen molar-refractivity contribution in [3.05, 3.63) is 93.5 Å². The van der Waals surface area contributed by atoms with Crippen molar-refractivity contribution >= 4 is 46.9 Å². The van der Waals surface area contributed by atoms with Crippen LogP contribution in [0.2, 0.25) is 10.0 Å².